The summed E-state index contributed by atoms with van der Waals surface area (Å²) < 4.78 is 4.78. The number of hydrogen-bond acceptors (Lipinski definition) is 3. The van der Waals surface area contributed by atoms with Crippen LogP contribution in [0.15, 0.2) is 30.3 Å². The van der Waals surface area contributed by atoms with Crippen molar-refractivity contribution in [2.75, 3.05) is 6.54 Å². The van der Waals surface area contributed by atoms with Crippen LogP contribution < -0.4 is 0 Å². The summed E-state index contributed by atoms with van der Waals surface area (Å²) in [5, 5.41) is 0. The van der Waals surface area contributed by atoms with Gasteiger partial charge in [-0.1, -0.05) is 30.3 Å². The highest BCUT2D eigenvalue weighted by Crippen LogP contribution is 2.20. The van der Waals surface area contributed by atoms with Crippen molar-refractivity contribution < 1.29 is 14.3 Å². The Balaban J connectivity index is 1.88. The van der Waals surface area contributed by atoms with Crippen LogP contribution in [-0.2, 0) is 16.1 Å². The molecule has 0 saturated carbocycles. The van der Waals surface area contributed by atoms with Crippen molar-refractivity contribution in [3.05, 3.63) is 35.9 Å². The number of likely N-dealkylation sites (tertiary alicyclic amines) is 1. The van der Waals surface area contributed by atoms with E-state index in [0.717, 1.165) is 5.56 Å². The van der Waals surface area contributed by atoms with E-state index in [9.17, 15) is 9.59 Å². The average Bonchev–Trinajstić information content (AvgIpc) is 2.69. The zero-order chi connectivity index (χ0) is 12.3. The first-order valence-electron chi connectivity index (χ1n) is 5.32. The third-order valence-electron chi connectivity index (χ3n) is 2.58. The molecule has 1 aromatic rings. The van der Waals surface area contributed by atoms with E-state index in [1.54, 1.807) is 0 Å². The Morgan fingerprint density at radius 3 is 2.71 bits per heavy atom. The number of carbonyl (C=O) groups excluding carboxylic acids is 2. The largest absolute Gasteiger partial charge is 0.445 e. The molecule has 0 spiro atoms. The highest BCUT2D eigenvalue weighted by molar-refractivity contribution is 14.1. The Kier molecular flexibility index (Phi) is 3.98. The number of ketones is 1. The van der Waals surface area contributed by atoms with E-state index < -0.39 is 6.09 Å². The van der Waals surface area contributed by atoms with Crippen LogP contribution in [0.2, 0.25) is 0 Å². The molecular weight excluding hydrogens is 333 g/mol. The first-order valence-corrected chi connectivity index (χ1v) is 6.57. The lowest BCUT2D eigenvalue weighted by Gasteiger charge is -2.18. The van der Waals surface area contributed by atoms with Crippen molar-refractivity contribution in [2.45, 2.75) is 17.1 Å². The van der Waals surface area contributed by atoms with E-state index in [-0.39, 0.29) is 16.4 Å². The molecule has 0 aliphatic carbocycles. The number of hydrogen-bond donors (Lipinski definition) is 0. The van der Waals surface area contributed by atoms with E-state index in [1.807, 2.05) is 52.9 Å². The molecule has 1 amide bonds. The molecule has 90 valence electrons. The van der Waals surface area contributed by atoms with Crippen LogP contribution in [0.4, 0.5) is 4.79 Å². The summed E-state index contributed by atoms with van der Waals surface area (Å²) in [4.78, 5) is 24.5. The van der Waals surface area contributed by atoms with Gasteiger partial charge >= 0.3 is 6.09 Å². The highest BCUT2D eigenvalue weighted by Gasteiger charge is 2.34. The summed E-state index contributed by atoms with van der Waals surface area (Å²) in [6, 6.07) is 9.48. The zero-order valence-corrected chi connectivity index (χ0v) is 11.3. The fourth-order valence-electron chi connectivity index (χ4n) is 1.62. The van der Waals surface area contributed by atoms with Crippen molar-refractivity contribution >= 4 is 34.5 Å². The van der Waals surface area contributed by atoms with Crippen LogP contribution in [-0.4, -0.2) is 27.4 Å². The van der Waals surface area contributed by atoms with Crippen molar-refractivity contribution in [3.8, 4) is 0 Å². The molecule has 2 rings (SSSR count). The fraction of sp³-hybridized carbons (Fsp3) is 0.333. The maximum atomic E-state index is 11.7. The second-order valence-corrected chi connectivity index (χ2v) is 4.97. The topological polar surface area (TPSA) is 46.6 Å². The van der Waals surface area contributed by atoms with E-state index in [0.29, 0.717) is 13.0 Å². The number of ether oxygens (including phenoxy) is 1. The van der Waals surface area contributed by atoms with Crippen molar-refractivity contribution in [2.24, 2.45) is 0 Å². The van der Waals surface area contributed by atoms with E-state index in [1.165, 1.54) is 4.90 Å². The summed E-state index contributed by atoms with van der Waals surface area (Å²) in [7, 11) is 0. The van der Waals surface area contributed by atoms with Gasteiger partial charge in [0.15, 0.2) is 5.78 Å². The van der Waals surface area contributed by atoms with Crippen LogP contribution in [0.1, 0.15) is 12.0 Å². The molecule has 1 heterocycles. The lowest BCUT2D eigenvalue weighted by atomic mass is 10.2. The number of amides is 1. The minimum atomic E-state index is -0.417. The van der Waals surface area contributed by atoms with Gasteiger partial charge in [-0.15, -0.1) is 0 Å². The molecule has 5 heteroatoms. The summed E-state index contributed by atoms with van der Waals surface area (Å²) in [6.07, 6.45) is 0.00715. The quantitative estimate of drug-likeness (QED) is 0.470. The summed E-state index contributed by atoms with van der Waals surface area (Å²) in [5.41, 5.74) is 0.941. The SMILES string of the molecule is O=C1CCN(C(=O)OCc2ccccc2)C1I. The number of benzene rings is 1. The third-order valence-corrected chi connectivity index (χ3v) is 3.95. The van der Waals surface area contributed by atoms with Crippen molar-refractivity contribution in [1.29, 1.82) is 0 Å². The minimum Gasteiger partial charge on any atom is -0.445 e. The summed E-state index contributed by atoms with van der Waals surface area (Å²) in [6.45, 7) is 0.702. The average molecular weight is 345 g/mol. The molecule has 1 aromatic carbocycles. The highest BCUT2D eigenvalue weighted by atomic mass is 127. The molecule has 1 aliphatic rings. The van der Waals surface area contributed by atoms with Gasteiger partial charge in [-0.3, -0.25) is 9.69 Å². The minimum absolute atomic E-state index is 0.0854. The van der Waals surface area contributed by atoms with Gasteiger partial charge in [0.05, 0.1) is 0 Å². The Morgan fingerprint density at radius 2 is 2.12 bits per heavy atom. The van der Waals surface area contributed by atoms with E-state index in [2.05, 4.69) is 0 Å². The van der Waals surface area contributed by atoms with Gasteiger partial charge in [0.25, 0.3) is 0 Å². The predicted molar refractivity (Wildman–Crippen MR) is 70.8 cm³/mol. The molecule has 1 unspecified atom stereocenters. The van der Waals surface area contributed by atoms with E-state index >= 15 is 0 Å². The molecule has 17 heavy (non-hydrogen) atoms. The van der Waals surface area contributed by atoms with Gasteiger partial charge in [-0.25, -0.2) is 4.79 Å². The third kappa shape index (κ3) is 2.96. The van der Waals surface area contributed by atoms with Gasteiger partial charge < -0.3 is 4.74 Å². The Labute approximate surface area is 113 Å². The molecule has 0 bridgehead atoms. The second-order valence-electron chi connectivity index (χ2n) is 3.79. The molecule has 1 atom stereocenters. The lowest BCUT2D eigenvalue weighted by Crippen LogP contribution is -2.34. The fourth-order valence-corrected chi connectivity index (χ4v) is 2.44. The molecule has 1 saturated heterocycles. The molecule has 4 nitrogen and oxygen atoms in total. The maximum Gasteiger partial charge on any atom is 0.411 e. The lowest BCUT2D eigenvalue weighted by molar-refractivity contribution is -0.117. The van der Waals surface area contributed by atoms with Gasteiger partial charge in [-0.2, -0.15) is 0 Å². The van der Waals surface area contributed by atoms with Gasteiger partial charge in [0, 0.05) is 13.0 Å². The molecule has 1 fully saturated rings. The number of carbonyl (C=O) groups is 2. The predicted octanol–water partition coefficient (Wildman–Crippen LogP) is 2.36. The number of rotatable bonds is 2. The Morgan fingerprint density at radius 1 is 1.41 bits per heavy atom. The Hall–Kier alpha value is -1.11. The standard InChI is InChI=1S/C12H12INO3/c13-11-10(15)6-7-14(11)12(16)17-8-9-4-2-1-3-5-9/h1-5,11H,6-8H2. The monoisotopic (exact) mass is 345 g/mol. The number of Topliss-reactive ketones (excluding diaryl/α,β-unsaturated/α-hetero) is 1. The summed E-state index contributed by atoms with van der Waals surface area (Å²) >= 11 is 1.97. The van der Waals surface area contributed by atoms with Crippen LogP contribution >= 0.6 is 22.6 Å². The number of halogens is 1. The number of nitrogens with zero attached hydrogens (tertiary/aromatic N) is 1. The van der Waals surface area contributed by atoms with E-state index in [4.69, 9.17) is 4.74 Å². The van der Waals surface area contributed by atoms with Gasteiger partial charge in [0.2, 0.25) is 0 Å². The van der Waals surface area contributed by atoms with Crippen LogP contribution in [0.5, 0.6) is 0 Å². The normalized spacial score (nSPS) is 19.5. The first kappa shape index (κ1) is 12.3. The molecule has 0 radical (unpaired) electrons. The zero-order valence-electron chi connectivity index (χ0n) is 9.14. The van der Waals surface area contributed by atoms with Crippen LogP contribution in [0.3, 0.4) is 0 Å². The molecule has 0 N–H and O–H groups in total. The maximum absolute atomic E-state index is 11.7. The smallest absolute Gasteiger partial charge is 0.411 e. The Bertz CT molecular complexity index is 421. The first-order chi connectivity index (χ1) is 8.18. The molecular formula is C12H12INO3. The van der Waals surface area contributed by atoms with Crippen LogP contribution in [0, 0.1) is 0 Å². The van der Waals surface area contributed by atoms with Crippen LogP contribution in [0.25, 0.3) is 0 Å². The van der Waals surface area contributed by atoms with Crippen molar-refractivity contribution in [1.82, 2.24) is 4.90 Å². The summed E-state index contributed by atoms with van der Waals surface area (Å²) in [5.74, 6) is 0.0854. The van der Waals surface area contributed by atoms with Gasteiger partial charge in [0.1, 0.15) is 10.7 Å². The molecule has 1 aliphatic heterocycles. The molecule has 0 aromatic heterocycles. The second kappa shape index (κ2) is 5.48. The van der Waals surface area contributed by atoms with Gasteiger partial charge in [-0.05, 0) is 28.2 Å². The van der Waals surface area contributed by atoms with Crippen molar-refractivity contribution in [3.63, 3.8) is 0 Å². The number of alkyl halides is 1.